The van der Waals surface area contributed by atoms with Gasteiger partial charge in [-0.3, -0.25) is 4.79 Å². The topological polar surface area (TPSA) is 44.4 Å². The highest BCUT2D eigenvalue weighted by Gasteiger charge is 2.01. The lowest BCUT2D eigenvalue weighted by Gasteiger charge is -2.13. The molecule has 0 atom stereocenters. The number of carbonyl (C=O) groups is 1. The van der Waals surface area contributed by atoms with E-state index in [1.807, 2.05) is 50.3 Å². The number of hydrogen-bond acceptors (Lipinski definition) is 3. The number of nitrogens with one attached hydrogen (secondary N) is 2. The van der Waals surface area contributed by atoms with Gasteiger partial charge in [-0.1, -0.05) is 0 Å². The van der Waals surface area contributed by atoms with Crippen LogP contribution in [0.15, 0.2) is 24.3 Å². The molecule has 1 amide bonds. The van der Waals surface area contributed by atoms with Crippen molar-refractivity contribution in [3.8, 4) is 0 Å². The molecule has 1 aromatic carbocycles. The monoisotopic (exact) mass is 221 g/mol. The summed E-state index contributed by atoms with van der Waals surface area (Å²) in [5, 5.41) is 5.79. The molecular weight excluding hydrogens is 202 g/mol. The van der Waals surface area contributed by atoms with Gasteiger partial charge in [0.25, 0.3) is 0 Å². The van der Waals surface area contributed by atoms with Crippen LogP contribution >= 0.6 is 0 Å². The first-order valence-corrected chi connectivity index (χ1v) is 5.35. The van der Waals surface area contributed by atoms with Crippen molar-refractivity contribution >= 4 is 17.3 Å². The van der Waals surface area contributed by atoms with Crippen molar-refractivity contribution in [2.75, 3.05) is 37.9 Å². The summed E-state index contributed by atoms with van der Waals surface area (Å²) in [4.78, 5) is 13.4. The van der Waals surface area contributed by atoms with E-state index < -0.39 is 0 Å². The van der Waals surface area contributed by atoms with Crippen LogP contribution < -0.4 is 15.5 Å². The number of anilines is 2. The third-order valence-corrected chi connectivity index (χ3v) is 2.27. The van der Waals surface area contributed by atoms with Crippen LogP contribution in [-0.4, -0.2) is 33.6 Å². The molecule has 0 spiro atoms. The minimum absolute atomic E-state index is 0.0342. The van der Waals surface area contributed by atoms with E-state index in [2.05, 4.69) is 10.6 Å². The number of hydrogen-bond donors (Lipinski definition) is 2. The molecule has 0 aliphatic rings. The van der Waals surface area contributed by atoms with Crippen molar-refractivity contribution in [2.45, 2.75) is 6.42 Å². The number of amides is 1. The lowest BCUT2D eigenvalue weighted by atomic mass is 10.2. The van der Waals surface area contributed by atoms with E-state index in [-0.39, 0.29) is 5.91 Å². The Bertz CT molecular complexity index is 333. The minimum Gasteiger partial charge on any atom is -0.378 e. The molecule has 1 rings (SSSR count). The smallest absolute Gasteiger partial charge is 0.225 e. The maximum Gasteiger partial charge on any atom is 0.225 e. The zero-order chi connectivity index (χ0) is 12.0. The molecule has 0 bridgehead atoms. The van der Waals surface area contributed by atoms with Crippen molar-refractivity contribution in [1.29, 1.82) is 0 Å². The van der Waals surface area contributed by atoms with E-state index in [0.717, 1.165) is 11.4 Å². The van der Waals surface area contributed by atoms with Gasteiger partial charge < -0.3 is 15.5 Å². The Kier molecular flexibility index (Phi) is 4.79. The summed E-state index contributed by atoms with van der Waals surface area (Å²) in [6.07, 6.45) is 0.492. The Balaban J connectivity index is 2.51. The highest BCUT2D eigenvalue weighted by atomic mass is 16.1. The first kappa shape index (κ1) is 12.5. The Labute approximate surface area is 96.6 Å². The summed E-state index contributed by atoms with van der Waals surface area (Å²) in [6.45, 7) is 0.696. The highest BCUT2D eigenvalue weighted by molar-refractivity contribution is 5.90. The summed E-state index contributed by atoms with van der Waals surface area (Å²) >= 11 is 0. The molecule has 1 aromatic rings. The Hall–Kier alpha value is -1.55. The third-order valence-electron chi connectivity index (χ3n) is 2.27. The van der Waals surface area contributed by atoms with Crippen LogP contribution in [0.4, 0.5) is 11.4 Å². The largest absolute Gasteiger partial charge is 0.378 e. The summed E-state index contributed by atoms with van der Waals surface area (Å²) in [7, 11) is 5.81. The molecule has 0 aromatic heterocycles. The molecule has 16 heavy (non-hydrogen) atoms. The maximum absolute atomic E-state index is 11.4. The second-order valence-electron chi connectivity index (χ2n) is 3.84. The van der Waals surface area contributed by atoms with Gasteiger partial charge in [-0.15, -0.1) is 0 Å². The Morgan fingerprint density at radius 1 is 1.25 bits per heavy atom. The number of nitrogens with zero attached hydrogens (tertiary/aromatic N) is 1. The molecule has 0 heterocycles. The molecule has 0 saturated carbocycles. The van der Waals surface area contributed by atoms with Crippen molar-refractivity contribution in [2.24, 2.45) is 0 Å². The maximum atomic E-state index is 11.4. The van der Waals surface area contributed by atoms with Gasteiger partial charge in [0.1, 0.15) is 0 Å². The predicted molar refractivity (Wildman–Crippen MR) is 67.9 cm³/mol. The highest BCUT2D eigenvalue weighted by Crippen LogP contribution is 2.15. The van der Waals surface area contributed by atoms with E-state index in [4.69, 9.17) is 0 Å². The summed E-state index contributed by atoms with van der Waals surface area (Å²) in [5.41, 5.74) is 1.96. The van der Waals surface area contributed by atoms with Gasteiger partial charge in [0, 0.05) is 38.4 Å². The normalized spacial score (nSPS) is 9.94. The molecule has 4 heteroatoms. The van der Waals surface area contributed by atoms with Crippen molar-refractivity contribution < 1.29 is 4.79 Å². The van der Waals surface area contributed by atoms with Gasteiger partial charge in [-0.05, 0) is 31.3 Å². The Morgan fingerprint density at radius 2 is 1.88 bits per heavy atom. The second kappa shape index (κ2) is 6.12. The van der Waals surface area contributed by atoms with Crippen LogP contribution in [0.1, 0.15) is 6.42 Å². The lowest BCUT2D eigenvalue weighted by molar-refractivity contribution is -0.116. The quantitative estimate of drug-likeness (QED) is 0.787. The standard InChI is InChI=1S/C12H19N3O/c1-13-9-8-12(16)14-10-4-6-11(7-5-10)15(2)3/h4-7,13H,8-9H2,1-3H3,(H,14,16). The zero-order valence-electron chi connectivity index (χ0n) is 10.1. The molecular formula is C12H19N3O. The molecule has 0 aliphatic heterocycles. The molecule has 0 fully saturated rings. The summed E-state index contributed by atoms with van der Waals surface area (Å²) in [6, 6.07) is 7.78. The van der Waals surface area contributed by atoms with Crippen molar-refractivity contribution in [3.63, 3.8) is 0 Å². The molecule has 88 valence electrons. The molecule has 0 saturated heterocycles. The average molecular weight is 221 g/mol. The van der Waals surface area contributed by atoms with E-state index in [1.165, 1.54) is 0 Å². The molecule has 4 nitrogen and oxygen atoms in total. The van der Waals surface area contributed by atoms with Gasteiger partial charge >= 0.3 is 0 Å². The molecule has 0 radical (unpaired) electrons. The van der Waals surface area contributed by atoms with Gasteiger partial charge in [-0.2, -0.15) is 0 Å². The van der Waals surface area contributed by atoms with Gasteiger partial charge in [-0.25, -0.2) is 0 Å². The fourth-order valence-electron chi connectivity index (χ4n) is 1.30. The number of carbonyl (C=O) groups excluding carboxylic acids is 1. The van der Waals surface area contributed by atoms with E-state index >= 15 is 0 Å². The van der Waals surface area contributed by atoms with Crippen LogP contribution in [0.2, 0.25) is 0 Å². The van der Waals surface area contributed by atoms with Crippen molar-refractivity contribution in [1.82, 2.24) is 5.32 Å². The van der Waals surface area contributed by atoms with Crippen LogP contribution in [0.3, 0.4) is 0 Å². The minimum atomic E-state index is 0.0342. The molecule has 0 aliphatic carbocycles. The van der Waals surface area contributed by atoms with E-state index in [9.17, 15) is 4.79 Å². The first-order chi connectivity index (χ1) is 7.63. The lowest BCUT2D eigenvalue weighted by Crippen LogP contribution is -2.18. The van der Waals surface area contributed by atoms with Gasteiger partial charge in [0.05, 0.1) is 0 Å². The van der Waals surface area contributed by atoms with Crippen LogP contribution in [0.25, 0.3) is 0 Å². The number of benzene rings is 1. The molecule has 2 N–H and O–H groups in total. The molecule has 0 unspecified atom stereocenters. The third kappa shape index (κ3) is 3.90. The predicted octanol–water partition coefficient (Wildman–Crippen LogP) is 1.30. The average Bonchev–Trinajstić information content (AvgIpc) is 2.27. The summed E-state index contributed by atoms with van der Waals surface area (Å²) in [5.74, 6) is 0.0342. The Morgan fingerprint density at radius 3 is 2.38 bits per heavy atom. The first-order valence-electron chi connectivity index (χ1n) is 5.35. The fourth-order valence-corrected chi connectivity index (χ4v) is 1.30. The van der Waals surface area contributed by atoms with E-state index in [0.29, 0.717) is 13.0 Å². The fraction of sp³-hybridized carbons (Fsp3) is 0.417. The van der Waals surface area contributed by atoms with Crippen LogP contribution in [-0.2, 0) is 4.79 Å². The van der Waals surface area contributed by atoms with Gasteiger partial charge in [0.2, 0.25) is 5.91 Å². The second-order valence-corrected chi connectivity index (χ2v) is 3.84. The number of rotatable bonds is 5. The summed E-state index contributed by atoms with van der Waals surface area (Å²) < 4.78 is 0. The van der Waals surface area contributed by atoms with E-state index in [1.54, 1.807) is 0 Å². The van der Waals surface area contributed by atoms with Gasteiger partial charge in [0.15, 0.2) is 0 Å². The van der Waals surface area contributed by atoms with Crippen molar-refractivity contribution in [3.05, 3.63) is 24.3 Å². The van der Waals surface area contributed by atoms with Crippen LogP contribution in [0.5, 0.6) is 0 Å². The zero-order valence-corrected chi connectivity index (χ0v) is 10.1. The SMILES string of the molecule is CNCCC(=O)Nc1ccc(N(C)C)cc1. The van der Waals surface area contributed by atoms with Crippen LogP contribution in [0, 0.1) is 0 Å².